The smallest absolute Gasteiger partial charge is 0.306 e. The Labute approximate surface area is 405 Å². The fourth-order valence-corrected chi connectivity index (χ4v) is 6.79. The van der Waals surface area contributed by atoms with Crippen molar-refractivity contribution in [2.45, 2.75) is 226 Å². The van der Waals surface area contributed by atoms with Crippen molar-refractivity contribution in [3.8, 4) is 0 Å². The minimum absolute atomic E-state index is 0.104. The van der Waals surface area contributed by atoms with E-state index in [0.29, 0.717) is 19.3 Å². The summed E-state index contributed by atoms with van der Waals surface area (Å²) in [7, 11) is 0. The summed E-state index contributed by atoms with van der Waals surface area (Å²) in [5.41, 5.74) is 0. The van der Waals surface area contributed by atoms with E-state index in [0.717, 1.165) is 128 Å². The number of carbonyl (C=O) groups excluding carboxylic acids is 3. The lowest BCUT2D eigenvalue weighted by atomic mass is 10.1. The van der Waals surface area contributed by atoms with Gasteiger partial charge in [0.05, 0.1) is 0 Å². The molecule has 0 N–H and O–H groups in total. The maximum Gasteiger partial charge on any atom is 0.306 e. The van der Waals surface area contributed by atoms with Crippen LogP contribution < -0.4 is 0 Å². The van der Waals surface area contributed by atoms with Crippen LogP contribution in [0.25, 0.3) is 0 Å². The molecule has 0 fully saturated rings. The highest BCUT2D eigenvalue weighted by atomic mass is 16.6. The summed E-state index contributed by atoms with van der Waals surface area (Å²) < 4.78 is 16.7. The first-order valence-corrected chi connectivity index (χ1v) is 26.5. The summed E-state index contributed by atoms with van der Waals surface area (Å²) in [5, 5.41) is 0. The van der Waals surface area contributed by atoms with Crippen LogP contribution in [0, 0.1) is 0 Å². The van der Waals surface area contributed by atoms with Gasteiger partial charge in [-0.1, -0.05) is 213 Å². The van der Waals surface area contributed by atoms with E-state index in [1.54, 1.807) is 0 Å². The molecule has 0 rings (SSSR count). The first kappa shape index (κ1) is 61.8. The minimum atomic E-state index is -0.810. The van der Waals surface area contributed by atoms with E-state index in [-0.39, 0.29) is 37.5 Å². The van der Waals surface area contributed by atoms with Crippen LogP contribution in [0.2, 0.25) is 0 Å². The number of unbranched alkanes of at least 4 members (excludes halogenated alkanes) is 15. The molecule has 0 saturated heterocycles. The fraction of sp³-hybridized carbons (Fsp3) is 0.617. The van der Waals surface area contributed by atoms with E-state index in [4.69, 9.17) is 14.2 Å². The number of rotatable bonds is 46. The maximum absolute atomic E-state index is 12.8. The number of esters is 3. The lowest BCUT2D eigenvalue weighted by Crippen LogP contribution is -2.30. The van der Waals surface area contributed by atoms with Gasteiger partial charge in [0.15, 0.2) is 6.10 Å². The van der Waals surface area contributed by atoms with E-state index < -0.39 is 6.10 Å². The second kappa shape index (κ2) is 53.4. The molecule has 0 aliphatic heterocycles. The van der Waals surface area contributed by atoms with Crippen LogP contribution in [-0.2, 0) is 28.6 Å². The molecule has 0 aromatic rings. The molecule has 0 aromatic carbocycles. The third-order valence-electron chi connectivity index (χ3n) is 10.7. The molecule has 66 heavy (non-hydrogen) atoms. The molecule has 372 valence electrons. The largest absolute Gasteiger partial charge is 0.462 e. The summed E-state index contributed by atoms with van der Waals surface area (Å²) in [4.78, 5) is 38.0. The number of hydrogen-bond donors (Lipinski definition) is 0. The summed E-state index contributed by atoms with van der Waals surface area (Å²) in [5.74, 6) is -0.978. The van der Waals surface area contributed by atoms with Crippen molar-refractivity contribution in [1.29, 1.82) is 0 Å². The molecule has 0 radical (unpaired) electrons. The van der Waals surface area contributed by atoms with E-state index in [1.165, 1.54) is 44.9 Å². The van der Waals surface area contributed by atoms with E-state index in [2.05, 4.69) is 142 Å². The van der Waals surface area contributed by atoms with Crippen molar-refractivity contribution in [3.05, 3.63) is 122 Å². The van der Waals surface area contributed by atoms with Gasteiger partial charge in [0.25, 0.3) is 0 Å². The quantitative estimate of drug-likeness (QED) is 0.0262. The Morgan fingerprint density at radius 1 is 0.318 bits per heavy atom. The molecule has 0 amide bonds. The molecule has 0 aliphatic rings. The van der Waals surface area contributed by atoms with Gasteiger partial charge in [-0.05, 0) is 109 Å². The molecule has 0 bridgehead atoms. The zero-order chi connectivity index (χ0) is 47.9. The Morgan fingerprint density at radius 3 is 0.924 bits per heavy atom. The van der Waals surface area contributed by atoms with Crippen molar-refractivity contribution >= 4 is 17.9 Å². The van der Waals surface area contributed by atoms with Crippen LogP contribution in [0.15, 0.2) is 122 Å². The van der Waals surface area contributed by atoms with Crippen molar-refractivity contribution in [1.82, 2.24) is 0 Å². The predicted molar refractivity (Wildman–Crippen MR) is 283 cm³/mol. The predicted octanol–water partition coefficient (Wildman–Crippen LogP) is 17.7. The normalized spacial score (nSPS) is 13.1. The topological polar surface area (TPSA) is 78.9 Å². The monoisotopic (exact) mass is 913 g/mol. The summed E-state index contributed by atoms with van der Waals surface area (Å²) in [6.07, 6.45) is 73.3. The van der Waals surface area contributed by atoms with Gasteiger partial charge in [-0.2, -0.15) is 0 Å². The average Bonchev–Trinajstić information content (AvgIpc) is 3.31. The highest BCUT2D eigenvalue weighted by molar-refractivity contribution is 5.71. The molecular weight excluding hydrogens is 817 g/mol. The van der Waals surface area contributed by atoms with Gasteiger partial charge in [-0.3, -0.25) is 14.4 Å². The van der Waals surface area contributed by atoms with Crippen LogP contribution in [0.1, 0.15) is 220 Å². The number of ether oxygens (including phenoxy) is 3. The Hall–Kier alpha value is -4.19. The Morgan fingerprint density at radius 2 is 0.591 bits per heavy atom. The second-order valence-electron chi connectivity index (χ2n) is 17.0. The Kier molecular flexibility index (Phi) is 50.0. The number of allylic oxidation sites excluding steroid dienone is 20. The standard InChI is InChI=1S/C60H96O6/c1-4-7-10-13-16-19-22-24-26-28-30-32-34-36-38-41-44-47-50-53-59(62)65-56-57(55-64-58(61)52-49-46-43-40-21-18-15-12-9-6-3)66-60(63)54-51-48-45-42-39-37-35-33-31-29-27-25-23-20-17-14-11-8-5-2/h7-8,10-11,16-17,19-20,24-27,30-33,36-39,57H,4-6,9,12-15,18,21-23,28-29,34-35,40-56H2,1-3H3/b10-7-,11-8-,19-16-,20-17-,26-24-,27-25-,32-30-,33-31-,38-36-,39-37-/t57-/m1/s1. The highest BCUT2D eigenvalue weighted by Gasteiger charge is 2.19. The zero-order valence-corrected chi connectivity index (χ0v) is 42.4. The average molecular weight is 913 g/mol. The van der Waals surface area contributed by atoms with Crippen LogP contribution in [0.4, 0.5) is 0 Å². The van der Waals surface area contributed by atoms with Crippen molar-refractivity contribution in [3.63, 3.8) is 0 Å². The highest BCUT2D eigenvalue weighted by Crippen LogP contribution is 2.13. The first-order valence-electron chi connectivity index (χ1n) is 26.5. The molecular formula is C60H96O6. The molecule has 0 aromatic heterocycles. The van der Waals surface area contributed by atoms with Crippen LogP contribution >= 0.6 is 0 Å². The molecule has 6 heteroatoms. The number of carbonyl (C=O) groups is 3. The maximum atomic E-state index is 12.8. The van der Waals surface area contributed by atoms with Gasteiger partial charge < -0.3 is 14.2 Å². The third-order valence-corrected chi connectivity index (χ3v) is 10.7. The van der Waals surface area contributed by atoms with E-state index >= 15 is 0 Å². The van der Waals surface area contributed by atoms with Crippen molar-refractivity contribution in [2.24, 2.45) is 0 Å². The molecule has 0 heterocycles. The molecule has 1 atom stereocenters. The van der Waals surface area contributed by atoms with E-state index in [1.807, 2.05) is 0 Å². The van der Waals surface area contributed by atoms with Crippen molar-refractivity contribution in [2.75, 3.05) is 13.2 Å². The van der Waals surface area contributed by atoms with Crippen LogP contribution in [0.5, 0.6) is 0 Å². The zero-order valence-electron chi connectivity index (χ0n) is 42.4. The van der Waals surface area contributed by atoms with Gasteiger partial charge in [-0.25, -0.2) is 0 Å². The molecule has 6 nitrogen and oxygen atoms in total. The Bertz CT molecular complexity index is 1420. The Balaban J connectivity index is 4.49. The van der Waals surface area contributed by atoms with Gasteiger partial charge in [-0.15, -0.1) is 0 Å². The van der Waals surface area contributed by atoms with Gasteiger partial charge >= 0.3 is 17.9 Å². The summed E-state index contributed by atoms with van der Waals surface area (Å²) >= 11 is 0. The molecule has 0 unspecified atom stereocenters. The van der Waals surface area contributed by atoms with Crippen LogP contribution in [0.3, 0.4) is 0 Å². The van der Waals surface area contributed by atoms with Crippen molar-refractivity contribution < 1.29 is 28.6 Å². The first-order chi connectivity index (χ1) is 32.5. The van der Waals surface area contributed by atoms with Gasteiger partial charge in [0.2, 0.25) is 0 Å². The molecule has 0 spiro atoms. The van der Waals surface area contributed by atoms with Gasteiger partial charge in [0, 0.05) is 19.3 Å². The SMILES string of the molecule is CC/C=C\C/C=C\C/C=C\C/C=C\C/C=C\CCCCCC(=O)OC[C@@H](COC(=O)CCCCCCCCCCCC)OC(=O)CCCCC/C=C\C/C=C\C/C=C\C/C=C\C/C=C\CC. The minimum Gasteiger partial charge on any atom is -0.462 e. The lowest BCUT2D eigenvalue weighted by Gasteiger charge is -2.18. The summed E-state index contributed by atoms with van der Waals surface area (Å²) in [6, 6.07) is 0. The van der Waals surface area contributed by atoms with Crippen LogP contribution in [-0.4, -0.2) is 37.2 Å². The molecule has 0 aliphatic carbocycles. The second-order valence-corrected chi connectivity index (χ2v) is 17.0. The van der Waals surface area contributed by atoms with Gasteiger partial charge in [0.1, 0.15) is 13.2 Å². The fourth-order valence-electron chi connectivity index (χ4n) is 6.79. The lowest BCUT2D eigenvalue weighted by molar-refractivity contribution is -0.167. The molecule has 0 saturated carbocycles. The number of hydrogen-bond acceptors (Lipinski definition) is 6. The summed E-state index contributed by atoms with van der Waals surface area (Å²) in [6.45, 7) is 6.33. The van der Waals surface area contributed by atoms with E-state index in [9.17, 15) is 14.4 Å². The third kappa shape index (κ3) is 50.8.